The van der Waals surface area contributed by atoms with Crippen molar-refractivity contribution in [2.75, 3.05) is 0 Å². The van der Waals surface area contributed by atoms with Crippen LogP contribution in [0.5, 0.6) is 0 Å². The molecule has 0 spiro atoms. The Morgan fingerprint density at radius 1 is 0.667 bits per heavy atom. The zero-order valence-electron chi connectivity index (χ0n) is 11.5. The van der Waals surface area contributed by atoms with Crippen LogP contribution >= 0.6 is 0 Å². The molecule has 2 rings (SSSR count). The second-order valence-electron chi connectivity index (χ2n) is 3.90. The van der Waals surface area contributed by atoms with Gasteiger partial charge in [0.05, 0.1) is 0 Å². The molecule has 0 atom stereocenters. The molecule has 6 nitrogen and oxygen atoms in total. The summed E-state index contributed by atoms with van der Waals surface area (Å²) in [6.45, 7) is 0. The van der Waals surface area contributed by atoms with E-state index in [1.807, 2.05) is 36.4 Å². The summed E-state index contributed by atoms with van der Waals surface area (Å²) in [4.78, 5) is 5.45. The van der Waals surface area contributed by atoms with E-state index in [9.17, 15) is 0 Å². The van der Waals surface area contributed by atoms with Gasteiger partial charge in [-0.15, -0.1) is 0 Å². The molecule has 2 aromatic rings. The van der Waals surface area contributed by atoms with E-state index in [1.165, 1.54) is 0 Å². The molecular weight excluding hydrogens is 275 g/mol. The van der Waals surface area contributed by atoms with Crippen LogP contribution in [0, 0.1) is 0 Å². The molecule has 0 saturated carbocycles. The fourth-order valence-corrected chi connectivity index (χ4v) is 1.60. The van der Waals surface area contributed by atoms with Crippen molar-refractivity contribution in [3.05, 3.63) is 80.5 Å². The van der Waals surface area contributed by atoms with E-state index >= 15 is 0 Å². The Bertz CT molecular complexity index is 645. The summed E-state index contributed by atoms with van der Waals surface area (Å²) in [5.74, 6) is 0. The number of benzene rings is 2. The van der Waals surface area contributed by atoms with Crippen LogP contribution in [-0.2, 0) is 0 Å². The third kappa shape index (κ3) is 5.36. The Morgan fingerprint density at radius 2 is 1.00 bits per heavy atom. The van der Waals surface area contributed by atoms with Crippen LogP contribution in [0.3, 0.4) is 0 Å². The molecule has 0 fully saturated rings. The van der Waals surface area contributed by atoms with Crippen molar-refractivity contribution in [1.82, 2.24) is 0 Å². The van der Waals surface area contributed by atoms with Crippen LogP contribution in [0.15, 0.2) is 58.8 Å². The van der Waals surface area contributed by atoms with Crippen molar-refractivity contribution in [2.24, 2.45) is 10.2 Å². The fourth-order valence-electron chi connectivity index (χ4n) is 1.60. The van der Waals surface area contributed by atoms with Crippen molar-refractivity contribution in [3.8, 4) is 0 Å². The first-order valence-corrected chi connectivity index (χ1v) is 5.80. The second kappa shape index (κ2) is 8.87. The third-order valence-corrected chi connectivity index (χ3v) is 2.57. The van der Waals surface area contributed by atoms with Gasteiger partial charge >= 0.3 is 0 Å². The number of rotatable bonds is 4. The monoisotopic (exact) mass is 285 g/mol. The smallest absolute Gasteiger partial charge is 0.0375 e. The van der Waals surface area contributed by atoms with Crippen molar-refractivity contribution >= 4 is 53.1 Å². The summed E-state index contributed by atoms with van der Waals surface area (Å²) < 4.78 is 0. The molecule has 1 radical (unpaired) electrons. The molecule has 0 aliphatic rings. The molecule has 0 aliphatic carbocycles. The van der Waals surface area contributed by atoms with Gasteiger partial charge in [0.15, 0.2) is 0 Å². The first kappa shape index (κ1) is 16.9. The van der Waals surface area contributed by atoms with Crippen LogP contribution in [0.2, 0.25) is 0 Å². The molecule has 0 saturated heterocycles. The van der Waals surface area contributed by atoms with E-state index in [4.69, 9.17) is 11.1 Å². The topological polar surface area (TPSA) is 97.5 Å². The van der Waals surface area contributed by atoms with Gasteiger partial charge in [-0.05, 0) is 22.2 Å². The van der Waals surface area contributed by atoms with E-state index in [-0.39, 0.29) is 29.6 Å². The Labute approximate surface area is 143 Å². The van der Waals surface area contributed by atoms with Crippen LogP contribution in [-0.4, -0.2) is 29.6 Å². The number of nitrogens with zero attached hydrogens (tertiary/aromatic N) is 6. The summed E-state index contributed by atoms with van der Waals surface area (Å²) in [7, 11) is 0. The zero-order chi connectivity index (χ0) is 14.2. The van der Waals surface area contributed by atoms with E-state index in [1.54, 1.807) is 24.3 Å². The maximum atomic E-state index is 8.32. The van der Waals surface area contributed by atoms with E-state index in [0.29, 0.717) is 11.4 Å². The quantitative estimate of drug-likeness (QED) is 0.237. The summed E-state index contributed by atoms with van der Waals surface area (Å²) in [6.07, 6.45) is 3.89. The van der Waals surface area contributed by atoms with Gasteiger partial charge in [-0.1, -0.05) is 70.9 Å². The maximum Gasteiger partial charge on any atom is 0.0375 e. The molecule has 21 heavy (non-hydrogen) atoms. The summed E-state index contributed by atoms with van der Waals surface area (Å²) >= 11 is 0. The Kier molecular flexibility index (Phi) is 7.12. The molecule has 7 heteroatoms. The Morgan fingerprint density at radius 3 is 1.29 bits per heavy atom. The van der Waals surface area contributed by atoms with Gasteiger partial charge in [-0.25, -0.2) is 0 Å². The number of azide groups is 2. The molecular formula is C14H10N6Na. The SMILES string of the molecule is [N-]=[N+]=Nc1ccc(C=Cc2ccc(N=[N+]=[N-])cc2)cc1.[Na]. The number of hydrogen-bond acceptors (Lipinski definition) is 2. The molecule has 0 amide bonds. The third-order valence-electron chi connectivity index (χ3n) is 2.57. The average Bonchev–Trinajstić information content (AvgIpc) is 2.49. The standard InChI is InChI=1S/C14H10N6.Na/c15-19-17-13-7-3-11(4-8-13)1-2-12-5-9-14(10-6-12)18-20-16;/h1-10H;. The predicted octanol–water partition coefficient (Wildman–Crippen LogP) is 5.36. The molecule has 0 aliphatic heterocycles. The van der Waals surface area contributed by atoms with Crippen LogP contribution in [0.25, 0.3) is 33.0 Å². The van der Waals surface area contributed by atoms with Gasteiger partial charge in [0, 0.05) is 50.8 Å². The summed E-state index contributed by atoms with van der Waals surface area (Å²) in [5, 5.41) is 7.02. The van der Waals surface area contributed by atoms with Gasteiger partial charge in [-0.3, -0.25) is 0 Å². The minimum absolute atomic E-state index is 0. The van der Waals surface area contributed by atoms with Crippen LogP contribution in [0.1, 0.15) is 11.1 Å². The minimum atomic E-state index is 0. The molecule has 0 N–H and O–H groups in total. The van der Waals surface area contributed by atoms with Gasteiger partial charge in [0.2, 0.25) is 0 Å². The largest absolute Gasteiger partial charge is 0.0608 e. The average molecular weight is 285 g/mol. The minimum Gasteiger partial charge on any atom is -0.0608 e. The van der Waals surface area contributed by atoms with Crippen LogP contribution < -0.4 is 0 Å². The number of hydrogen-bond donors (Lipinski definition) is 0. The van der Waals surface area contributed by atoms with E-state index in [2.05, 4.69) is 20.1 Å². The second-order valence-corrected chi connectivity index (χ2v) is 3.90. The summed E-state index contributed by atoms with van der Waals surface area (Å²) in [5.41, 5.74) is 19.8. The molecule has 97 valence electrons. The molecule has 0 unspecified atom stereocenters. The predicted molar refractivity (Wildman–Crippen MR) is 85.2 cm³/mol. The fraction of sp³-hybridized carbons (Fsp3) is 0. The molecule has 0 heterocycles. The molecule has 0 aromatic heterocycles. The van der Waals surface area contributed by atoms with Crippen LogP contribution in [0.4, 0.5) is 11.4 Å². The normalized spacial score (nSPS) is 9.33. The first-order valence-electron chi connectivity index (χ1n) is 5.80. The zero-order valence-corrected chi connectivity index (χ0v) is 13.5. The van der Waals surface area contributed by atoms with Crippen molar-refractivity contribution in [1.29, 1.82) is 0 Å². The molecule has 2 aromatic carbocycles. The molecule has 0 bridgehead atoms. The Balaban J connectivity index is 0.00000220. The van der Waals surface area contributed by atoms with Crippen molar-refractivity contribution in [2.45, 2.75) is 0 Å². The van der Waals surface area contributed by atoms with Gasteiger partial charge < -0.3 is 0 Å². The van der Waals surface area contributed by atoms with Gasteiger partial charge in [0.25, 0.3) is 0 Å². The Hall–Kier alpha value is -2.20. The van der Waals surface area contributed by atoms with Gasteiger partial charge in [-0.2, -0.15) is 0 Å². The van der Waals surface area contributed by atoms with Gasteiger partial charge in [0.1, 0.15) is 0 Å². The summed E-state index contributed by atoms with van der Waals surface area (Å²) in [6, 6.07) is 14.5. The first-order chi connectivity index (χ1) is 9.81. The van der Waals surface area contributed by atoms with E-state index < -0.39 is 0 Å². The maximum absolute atomic E-state index is 8.32. The van der Waals surface area contributed by atoms with E-state index in [0.717, 1.165) is 11.1 Å². The van der Waals surface area contributed by atoms with Crippen molar-refractivity contribution < 1.29 is 0 Å². The van der Waals surface area contributed by atoms with Crippen molar-refractivity contribution in [3.63, 3.8) is 0 Å².